The topological polar surface area (TPSA) is 70.4 Å². The van der Waals surface area contributed by atoms with E-state index in [1.807, 2.05) is 6.07 Å². The minimum Gasteiger partial charge on any atom is -0.452 e. The summed E-state index contributed by atoms with van der Waals surface area (Å²) in [4.78, 5) is 25.6. The SMILES string of the molecule is N#CCCN(C(=O)COC(=O)/C=C/c1cccc(C(F)(F)F)c1)c1cccc(Cl)c1. The minimum absolute atomic E-state index is 0.0572. The molecule has 0 unspecified atom stereocenters. The highest BCUT2D eigenvalue weighted by atomic mass is 35.5. The lowest BCUT2D eigenvalue weighted by molar-refractivity contribution is -0.142. The van der Waals surface area contributed by atoms with Crippen molar-refractivity contribution in [2.24, 2.45) is 0 Å². The molecule has 0 radical (unpaired) electrons. The van der Waals surface area contributed by atoms with Crippen LogP contribution in [0.4, 0.5) is 18.9 Å². The molecule has 0 atom stereocenters. The van der Waals surface area contributed by atoms with E-state index in [4.69, 9.17) is 21.6 Å². The average molecular weight is 437 g/mol. The molecule has 0 spiro atoms. The molecule has 30 heavy (non-hydrogen) atoms. The highest BCUT2D eigenvalue weighted by Crippen LogP contribution is 2.29. The summed E-state index contributed by atoms with van der Waals surface area (Å²) < 4.78 is 43.0. The van der Waals surface area contributed by atoms with Gasteiger partial charge in [0.1, 0.15) is 0 Å². The number of alkyl halides is 3. The van der Waals surface area contributed by atoms with Gasteiger partial charge in [-0.2, -0.15) is 18.4 Å². The zero-order valence-corrected chi connectivity index (χ0v) is 16.3. The number of carbonyl (C=O) groups excluding carboxylic acids is 2. The molecule has 0 bridgehead atoms. The van der Waals surface area contributed by atoms with Crippen molar-refractivity contribution in [2.45, 2.75) is 12.6 Å². The number of rotatable bonds is 7. The van der Waals surface area contributed by atoms with Crippen LogP contribution in [0, 0.1) is 11.3 Å². The lowest BCUT2D eigenvalue weighted by atomic mass is 10.1. The van der Waals surface area contributed by atoms with Gasteiger partial charge in [0, 0.05) is 23.3 Å². The monoisotopic (exact) mass is 436 g/mol. The summed E-state index contributed by atoms with van der Waals surface area (Å²) in [5, 5.41) is 9.18. The first kappa shape index (κ1) is 23.0. The van der Waals surface area contributed by atoms with Crippen LogP contribution in [0.15, 0.2) is 54.6 Å². The van der Waals surface area contributed by atoms with Gasteiger partial charge >= 0.3 is 12.1 Å². The average Bonchev–Trinajstić information content (AvgIpc) is 2.70. The van der Waals surface area contributed by atoms with Crippen molar-refractivity contribution in [3.63, 3.8) is 0 Å². The van der Waals surface area contributed by atoms with Crippen molar-refractivity contribution in [1.82, 2.24) is 0 Å². The highest BCUT2D eigenvalue weighted by Gasteiger charge is 2.30. The van der Waals surface area contributed by atoms with Crippen LogP contribution in [0.1, 0.15) is 17.5 Å². The number of hydrogen-bond acceptors (Lipinski definition) is 4. The summed E-state index contributed by atoms with van der Waals surface area (Å²) >= 11 is 5.93. The molecule has 156 valence electrons. The van der Waals surface area contributed by atoms with Crippen LogP contribution in [0.3, 0.4) is 0 Å². The summed E-state index contributed by atoms with van der Waals surface area (Å²) in [6, 6.07) is 12.8. The number of carbonyl (C=O) groups is 2. The summed E-state index contributed by atoms with van der Waals surface area (Å²) in [7, 11) is 0. The quantitative estimate of drug-likeness (QED) is 0.459. The van der Waals surface area contributed by atoms with Gasteiger partial charge < -0.3 is 9.64 Å². The summed E-state index contributed by atoms with van der Waals surface area (Å²) in [5.41, 5.74) is -0.246. The molecule has 2 rings (SSSR count). The van der Waals surface area contributed by atoms with E-state index in [0.29, 0.717) is 10.7 Å². The Balaban J connectivity index is 2.00. The molecule has 0 aliphatic heterocycles. The van der Waals surface area contributed by atoms with Crippen LogP contribution in [0.2, 0.25) is 5.02 Å². The van der Waals surface area contributed by atoms with E-state index in [-0.39, 0.29) is 18.5 Å². The van der Waals surface area contributed by atoms with Crippen LogP contribution >= 0.6 is 11.6 Å². The second kappa shape index (κ2) is 10.5. The van der Waals surface area contributed by atoms with Gasteiger partial charge in [-0.25, -0.2) is 4.79 Å². The van der Waals surface area contributed by atoms with Gasteiger partial charge in [0.15, 0.2) is 6.61 Å². The number of benzene rings is 2. The van der Waals surface area contributed by atoms with Crippen LogP contribution in [0.5, 0.6) is 0 Å². The van der Waals surface area contributed by atoms with Gasteiger partial charge in [-0.1, -0.05) is 29.8 Å². The summed E-state index contributed by atoms with van der Waals surface area (Å²) in [6.07, 6.45) is -2.35. The van der Waals surface area contributed by atoms with Gasteiger partial charge in [0.25, 0.3) is 5.91 Å². The second-order valence-electron chi connectivity index (χ2n) is 6.00. The van der Waals surface area contributed by atoms with Gasteiger partial charge in [0.05, 0.1) is 18.1 Å². The number of nitrogens with zero attached hydrogens (tertiary/aromatic N) is 2. The Kier molecular flexibility index (Phi) is 8.01. The Hall–Kier alpha value is -3.31. The molecule has 5 nitrogen and oxygen atoms in total. The maximum absolute atomic E-state index is 12.7. The molecule has 0 heterocycles. The van der Waals surface area contributed by atoms with E-state index in [2.05, 4.69) is 0 Å². The fourth-order valence-electron chi connectivity index (χ4n) is 2.45. The first-order valence-electron chi connectivity index (χ1n) is 8.65. The molecular formula is C21H16ClF3N2O3. The predicted molar refractivity (Wildman–Crippen MR) is 105 cm³/mol. The van der Waals surface area contributed by atoms with Crippen molar-refractivity contribution < 1.29 is 27.5 Å². The third kappa shape index (κ3) is 6.94. The molecule has 0 aliphatic rings. The smallest absolute Gasteiger partial charge is 0.416 e. The predicted octanol–water partition coefficient (Wildman–Crippen LogP) is 4.86. The maximum Gasteiger partial charge on any atom is 0.416 e. The van der Waals surface area contributed by atoms with E-state index >= 15 is 0 Å². The number of esters is 1. The van der Waals surface area contributed by atoms with Crippen molar-refractivity contribution in [2.75, 3.05) is 18.1 Å². The highest BCUT2D eigenvalue weighted by molar-refractivity contribution is 6.30. The lowest BCUT2D eigenvalue weighted by Gasteiger charge is -2.21. The minimum atomic E-state index is -4.50. The van der Waals surface area contributed by atoms with Crippen LogP contribution < -0.4 is 4.90 Å². The summed E-state index contributed by atoms with van der Waals surface area (Å²) in [5.74, 6) is -1.47. The van der Waals surface area contributed by atoms with E-state index in [9.17, 15) is 22.8 Å². The molecular weight excluding hydrogens is 421 g/mol. The molecule has 9 heteroatoms. The molecule has 2 aromatic carbocycles. The molecule has 0 N–H and O–H groups in total. The fourth-order valence-corrected chi connectivity index (χ4v) is 2.63. The molecule has 0 fully saturated rings. The standard InChI is InChI=1S/C21H16ClF3N2O3/c22-17-6-2-7-18(13-17)27(11-3-10-26)19(28)14-30-20(29)9-8-15-4-1-5-16(12-15)21(23,24)25/h1-2,4-9,12-13H,3,11,14H2/b9-8+. The van der Waals surface area contributed by atoms with Gasteiger partial charge in [-0.15, -0.1) is 0 Å². The first-order valence-corrected chi connectivity index (χ1v) is 9.03. The Morgan fingerprint density at radius 1 is 1.17 bits per heavy atom. The first-order chi connectivity index (χ1) is 14.2. The van der Waals surface area contributed by atoms with Crippen LogP contribution in [0.25, 0.3) is 6.08 Å². The maximum atomic E-state index is 12.7. The largest absolute Gasteiger partial charge is 0.452 e. The van der Waals surface area contributed by atoms with Crippen molar-refractivity contribution >= 4 is 35.2 Å². The van der Waals surface area contributed by atoms with E-state index in [1.165, 1.54) is 23.1 Å². The number of hydrogen-bond donors (Lipinski definition) is 0. The van der Waals surface area contributed by atoms with Gasteiger partial charge in [-0.3, -0.25) is 4.79 Å². The number of halogens is 4. The van der Waals surface area contributed by atoms with Crippen LogP contribution in [-0.2, 0) is 20.5 Å². The number of ether oxygens (including phenoxy) is 1. The Morgan fingerprint density at radius 2 is 1.90 bits per heavy atom. The molecule has 0 saturated heterocycles. The van der Waals surface area contributed by atoms with E-state index in [0.717, 1.165) is 24.3 Å². The normalized spacial score (nSPS) is 11.2. The third-order valence-electron chi connectivity index (χ3n) is 3.83. The number of amides is 1. The van der Waals surface area contributed by atoms with E-state index < -0.39 is 30.2 Å². The molecule has 0 aromatic heterocycles. The zero-order chi connectivity index (χ0) is 22.1. The molecule has 2 aromatic rings. The van der Waals surface area contributed by atoms with Gasteiger partial charge in [0.2, 0.25) is 0 Å². The molecule has 1 amide bonds. The molecule has 0 aliphatic carbocycles. The van der Waals surface area contributed by atoms with Crippen LogP contribution in [-0.4, -0.2) is 25.0 Å². The third-order valence-corrected chi connectivity index (χ3v) is 4.07. The Morgan fingerprint density at radius 3 is 2.57 bits per heavy atom. The van der Waals surface area contributed by atoms with Crippen molar-refractivity contribution in [1.29, 1.82) is 5.26 Å². The summed E-state index contributed by atoms with van der Waals surface area (Å²) in [6.45, 7) is -0.531. The zero-order valence-electron chi connectivity index (χ0n) is 15.5. The van der Waals surface area contributed by atoms with Crippen molar-refractivity contribution in [3.05, 3.63) is 70.8 Å². The van der Waals surface area contributed by atoms with E-state index in [1.54, 1.807) is 18.2 Å². The number of nitriles is 1. The number of anilines is 1. The van der Waals surface area contributed by atoms with Crippen molar-refractivity contribution in [3.8, 4) is 6.07 Å². The van der Waals surface area contributed by atoms with Gasteiger partial charge in [-0.05, 0) is 42.0 Å². The fraction of sp³-hybridized carbons (Fsp3) is 0.190. The molecule has 0 saturated carbocycles. The Labute approximate surface area is 175 Å². The Bertz CT molecular complexity index is 984. The second-order valence-corrected chi connectivity index (χ2v) is 6.43. The lowest BCUT2D eigenvalue weighted by Crippen LogP contribution is -2.35.